The number of allylic oxidation sites excluding steroid dienone is 3. The van der Waals surface area contributed by atoms with Crippen LogP contribution >= 0.6 is 0 Å². The van der Waals surface area contributed by atoms with Gasteiger partial charge < -0.3 is 8.85 Å². The summed E-state index contributed by atoms with van der Waals surface area (Å²) in [5.41, 5.74) is 5.08. The summed E-state index contributed by atoms with van der Waals surface area (Å²) in [5.74, 6) is 1.27. The van der Waals surface area contributed by atoms with E-state index >= 15 is 0 Å². The van der Waals surface area contributed by atoms with E-state index in [1.807, 2.05) is 19.1 Å². The van der Waals surface area contributed by atoms with Gasteiger partial charge in [-0.05, 0) is 128 Å². The molecule has 3 aliphatic carbocycles. The monoisotopic (exact) mass is 742 g/mol. The zero-order valence-electron chi connectivity index (χ0n) is 34.0. The first-order valence-corrected chi connectivity index (χ1v) is 26.4. The van der Waals surface area contributed by atoms with E-state index in [2.05, 4.69) is 101 Å². The molecule has 1 unspecified atom stereocenters. The minimum Gasteiger partial charge on any atom is -0.413 e. The Bertz CT molecular complexity index is 1540. The molecule has 0 amide bonds. The quantitative estimate of drug-likeness (QED) is 0.176. The van der Waals surface area contributed by atoms with Crippen LogP contribution in [0.4, 0.5) is 0 Å². The summed E-state index contributed by atoms with van der Waals surface area (Å²) in [6, 6.07) is 6.92. The Morgan fingerprint density at radius 3 is 2.12 bits per heavy atom. The average Bonchev–Trinajstić information content (AvgIpc) is 3.35. The lowest BCUT2D eigenvalue weighted by Gasteiger charge is -2.48. The van der Waals surface area contributed by atoms with Crippen molar-refractivity contribution in [3.63, 3.8) is 0 Å². The summed E-state index contributed by atoms with van der Waals surface area (Å²) >= 11 is 0. The highest BCUT2D eigenvalue weighted by Gasteiger charge is 2.51. The van der Waals surface area contributed by atoms with Crippen LogP contribution in [-0.2, 0) is 23.2 Å². The van der Waals surface area contributed by atoms with Crippen LogP contribution in [0.1, 0.15) is 106 Å². The molecule has 8 heteroatoms. The van der Waals surface area contributed by atoms with E-state index in [0.717, 1.165) is 43.2 Å². The SMILES string of the molecule is C=C1/C(=C\C=C2/CCC[C@]3(C)[C@@H](C(C)COS(=O)(=O)c4ccc(C)cc4)CC[C@@H]23)C[C@@H](O[Si](C)(C)C(C)(C)C)[C@H](C)[C@@H]1O[Si](C)(C)C(C)(C)C. The molecule has 0 heterocycles. The lowest BCUT2D eigenvalue weighted by atomic mass is 9.61. The molecule has 282 valence electrons. The van der Waals surface area contributed by atoms with Crippen LogP contribution in [0.3, 0.4) is 0 Å². The van der Waals surface area contributed by atoms with Crippen LogP contribution in [0.2, 0.25) is 36.3 Å². The summed E-state index contributed by atoms with van der Waals surface area (Å²) < 4.78 is 46.0. The number of fused-ring (bicyclic) bond motifs is 1. The van der Waals surface area contributed by atoms with Crippen LogP contribution in [-0.4, -0.2) is 43.9 Å². The Balaban J connectivity index is 1.58. The minimum absolute atomic E-state index is 0.0615. The van der Waals surface area contributed by atoms with Gasteiger partial charge >= 0.3 is 0 Å². The molecule has 3 fully saturated rings. The lowest BCUT2D eigenvalue weighted by molar-refractivity contribution is 0.0406. The Kier molecular flexibility index (Phi) is 12.3. The van der Waals surface area contributed by atoms with E-state index in [4.69, 9.17) is 19.6 Å². The van der Waals surface area contributed by atoms with Crippen molar-refractivity contribution >= 4 is 26.8 Å². The first kappa shape index (κ1) is 41.5. The maximum absolute atomic E-state index is 13.0. The standard InChI is InChI=1S/C42H70O5SSi2/c1-29-18-22-35(23-19-29)48(43,44)45-28-30(2)36-24-25-37-33(17-16-26-42(36,37)11)20-21-34-27-38(46-49(12,13)40(5,6)7)32(4)39(31(34)3)47-50(14,15)41(8,9)10/h18-23,30,32,36-39H,3,16-17,24-28H2,1-2,4-15H3/b33-20+,34-21-/t30?,32-,36+,37-,38+,39+,42+/m0/s1. The number of rotatable bonds is 10. The molecule has 0 aromatic heterocycles. The van der Waals surface area contributed by atoms with Gasteiger partial charge in [0.2, 0.25) is 0 Å². The summed E-state index contributed by atoms with van der Waals surface area (Å²) in [5, 5.41) is 0.228. The van der Waals surface area contributed by atoms with Crippen LogP contribution < -0.4 is 0 Å². The number of aryl methyl sites for hydroxylation is 1. The molecule has 1 aromatic rings. The highest BCUT2D eigenvalue weighted by Crippen LogP contribution is 2.59. The zero-order valence-corrected chi connectivity index (χ0v) is 36.9. The second kappa shape index (κ2) is 14.9. The summed E-state index contributed by atoms with van der Waals surface area (Å²) in [6.07, 6.45) is 11.3. The van der Waals surface area contributed by atoms with Gasteiger partial charge in [0.25, 0.3) is 10.1 Å². The normalized spacial score (nSPS) is 30.9. The molecule has 0 bridgehead atoms. The average molecular weight is 743 g/mol. The van der Waals surface area contributed by atoms with Crippen molar-refractivity contribution < 1.29 is 21.5 Å². The first-order chi connectivity index (χ1) is 22.8. The Labute approximate surface area is 309 Å². The van der Waals surface area contributed by atoms with Crippen molar-refractivity contribution in [2.75, 3.05) is 6.61 Å². The van der Waals surface area contributed by atoms with E-state index in [1.54, 1.807) is 12.1 Å². The van der Waals surface area contributed by atoms with Gasteiger partial charge in [-0.3, -0.25) is 4.18 Å². The second-order valence-corrected chi connectivity index (χ2v) is 30.5. The third-order valence-corrected chi connectivity index (χ3v) is 24.0. The molecular weight excluding hydrogens is 673 g/mol. The van der Waals surface area contributed by atoms with E-state index in [-0.39, 0.29) is 51.0 Å². The molecule has 7 atom stereocenters. The molecule has 1 aromatic carbocycles. The minimum atomic E-state index is -3.78. The molecule has 0 aliphatic heterocycles. The fourth-order valence-electron chi connectivity index (χ4n) is 8.29. The molecule has 50 heavy (non-hydrogen) atoms. The van der Waals surface area contributed by atoms with Gasteiger partial charge in [-0.15, -0.1) is 0 Å². The fraction of sp³-hybridized carbons (Fsp3) is 0.714. The van der Waals surface area contributed by atoms with Gasteiger partial charge in [-0.25, -0.2) is 0 Å². The Morgan fingerprint density at radius 1 is 0.960 bits per heavy atom. The van der Waals surface area contributed by atoms with Gasteiger partial charge in [0, 0.05) is 5.92 Å². The topological polar surface area (TPSA) is 61.8 Å². The lowest BCUT2D eigenvalue weighted by Crippen LogP contribution is -2.53. The van der Waals surface area contributed by atoms with Crippen LogP contribution in [0.5, 0.6) is 0 Å². The molecule has 3 saturated carbocycles. The van der Waals surface area contributed by atoms with Crippen LogP contribution in [0.25, 0.3) is 0 Å². The molecule has 0 radical (unpaired) electrons. The Morgan fingerprint density at radius 2 is 1.54 bits per heavy atom. The number of hydrogen-bond acceptors (Lipinski definition) is 5. The van der Waals surface area contributed by atoms with Gasteiger partial charge in [-0.2, -0.15) is 8.42 Å². The second-order valence-electron chi connectivity index (χ2n) is 19.4. The van der Waals surface area contributed by atoms with E-state index in [9.17, 15) is 8.42 Å². The highest BCUT2D eigenvalue weighted by molar-refractivity contribution is 7.86. The van der Waals surface area contributed by atoms with Gasteiger partial charge in [0.15, 0.2) is 16.6 Å². The van der Waals surface area contributed by atoms with Crippen molar-refractivity contribution in [3.05, 3.63) is 65.3 Å². The molecule has 3 aliphatic rings. The van der Waals surface area contributed by atoms with E-state index in [0.29, 0.717) is 11.8 Å². The molecule has 0 spiro atoms. The van der Waals surface area contributed by atoms with Crippen molar-refractivity contribution in [1.29, 1.82) is 0 Å². The van der Waals surface area contributed by atoms with Crippen molar-refractivity contribution in [1.82, 2.24) is 0 Å². The predicted molar refractivity (Wildman–Crippen MR) is 215 cm³/mol. The molecular formula is C42H70O5SSi2. The molecule has 0 N–H and O–H groups in total. The third-order valence-electron chi connectivity index (χ3n) is 13.7. The summed E-state index contributed by atoms with van der Waals surface area (Å²) in [6.45, 7) is 37.1. The Hall–Kier alpha value is -1.30. The van der Waals surface area contributed by atoms with Gasteiger partial charge in [0.1, 0.15) is 0 Å². The van der Waals surface area contributed by atoms with Crippen molar-refractivity contribution in [3.8, 4) is 0 Å². The molecule has 0 saturated heterocycles. The van der Waals surface area contributed by atoms with Crippen LogP contribution in [0.15, 0.2) is 64.6 Å². The maximum Gasteiger partial charge on any atom is 0.296 e. The van der Waals surface area contributed by atoms with Crippen molar-refractivity contribution in [2.24, 2.45) is 29.1 Å². The number of hydrogen-bond donors (Lipinski definition) is 0. The van der Waals surface area contributed by atoms with E-state index < -0.39 is 26.8 Å². The van der Waals surface area contributed by atoms with Crippen molar-refractivity contribution in [2.45, 2.75) is 161 Å². The zero-order chi connectivity index (χ0) is 37.7. The third kappa shape index (κ3) is 8.73. The molecule has 4 rings (SSSR count). The fourth-order valence-corrected chi connectivity index (χ4v) is 12.0. The summed E-state index contributed by atoms with van der Waals surface area (Å²) in [7, 11) is -7.87. The van der Waals surface area contributed by atoms with Gasteiger partial charge in [-0.1, -0.05) is 104 Å². The van der Waals surface area contributed by atoms with Crippen LogP contribution in [0, 0.1) is 36.0 Å². The smallest absolute Gasteiger partial charge is 0.296 e. The predicted octanol–water partition coefficient (Wildman–Crippen LogP) is 11.8. The highest BCUT2D eigenvalue weighted by atomic mass is 32.2. The van der Waals surface area contributed by atoms with Gasteiger partial charge in [0.05, 0.1) is 23.7 Å². The first-order valence-electron chi connectivity index (χ1n) is 19.2. The maximum atomic E-state index is 13.0. The molecule has 5 nitrogen and oxygen atoms in total. The summed E-state index contributed by atoms with van der Waals surface area (Å²) in [4.78, 5) is 0.231. The van der Waals surface area contributed by atoms with E-state index in [1.165, 1.54) is 17.6 Å². The largest absolute Gasteiger partial charge is 0.413 e. The number of benzene rings is 1.